The van der Waals surface area contributed by atoms with Gasteiger partial charge in [-0.05, 0) is 54.8 Å². The molecule has 0 saturated heterocycles. The van der Waals surface area contributed by atoms with Crippen LogP contribution >= 0.6 is 11.3 Å². The second-order valence-corrected chi connectivity index (χ2v) is 11.9. The standard InChI is InChI=1S/C29H33F3N2O3S/c30-29(31,32)22-10-4-5-11-24(22)34-25-13-12-19(16-23(25)33-26(34)17-20-9-6-14-38-20)27(35)21(28(36)37)15-18-7-2-1-3-8-18/h6,9,12-14,16,18,21-22,24H,1-5,7-8,10-11,15,17H2,(H,36,37)/t21-,22?,24?/m0/s1. The van der Waals surface area contributed by atoms with Crippen LogP contribution in [0.1, 0.15) is 91.3 Å². The second kappa shape index (κ2) is 11.2. The van der Waals surface area contributed by atoms with E-state index in [1.54, 1.807) is 22.8 Å². The summed E-state index contributed by atoms with van der Waals surface area (Å²) >= 11 is 1.53. The number of carboxylic acids is 1. The monoisotopic (exact) mass is 546 g/mol. The van der Waals surface area contributed by atoms with Crippen LogP contribution < -0.4 is 0 Å². The number of thiophene rings is 1. The number of carboxylic acid groups (broad SMARTS) is 1. The van der Waals surface area contributed by atoms with Gasteiger partial charge in [0.15, 0.2) is 5.78 Å². The van der Waals surface area contributed by atoms with Crippen LogP contribution in [0.25, 0.3) is 11.0 Å². The van der Waals surface area contributed by atoms with Gasteiger partial charge in [0.05, 0.1) is 17.0 Å². The largest absolute Gasteiger partial charge is 0.481 e. The Labute approximate surface area is 224 Å². The van der Waals surface area contributed by atoms with Crippen molar-refractivity contribution in [2.45, 2.75) is 82.8 Å². The summed E-state index contributed by atoms with van der Waals surface area (Å²) in [5, 5.41) is 11.8. The normalized spacial score (nSPS) is 22.0. The first-order valence-corrected chi connectivity index (χ1v) is 14.5. The molecule has 1 N–H and O–H groups in total. The van der Waals surface area contributed by atoms with E-state index in [0.29, 0.717) is 49.0 Å². The summed E-state index contributed by atoms with van der Waals surface area (Å²) in [4.78, 5) is 31.2. The quantitative estimate of drug-likeness (QED) is 0.231. The Hall–Kier alpha value is -2.68. The molecule has 0 bridgehead atoms. The Morgan fingerprint density at radius 2 is 1.79 bits per heavy atom. The van der Waals surface area contributed by atoms with Crippen LogP contribution in [0.3, 0.4) is 0 Å². The highest BCUT2D eigenvalue weighted by molar-refractivity contribution is 7.09. The number of aliphatic carboxylic acids is 1. The van der Waals surface area contributed by atoms with Crippen LogP contribution in [-0.2, 0) is 11.2 Å². The molecule has 0 spiro atoms. The van der Waals surface area contributed by atoms with Crippen molar-refractivity contribution in [3.05, 3.63) is 52.0 Å². The van der Waals surface area contributed by atoms with E-state index in [9.17, 15) is 27.9 Å². The summed E-state index contributed by atoms with van der Waals surface area (Å²) in [6, 6.07) is 7.89. The number of imidazole rings is 1. The van der Waals surface area contributed by atoms with E-state index in [-0.39, 0.29) is 17.9 Å². The Kier molecular flexibility index (Phi) is 7.93. The van der Waals surface area contributed by atoms with Gasteiger partial charge in [-0.15, -0.1) is 11.3 Å². The molecule has 3 atom stereocenters. The van der Waals surface area contributed by atoms with Crippen molar-refractivity contribution in [3.8, 4) is 0 Å². The topological polar surface area (TPSA) is 72.2 Å². The fourth-order valence-electron chi connectivity index (χ4n) is 6.45. The molecule has 2 unspecified atom stereocenters. The zero-order valence-corrected chi connectivity index (χ0v) is 22.1. The maximum atomic E-state index is 14.1. The molecular formula is C29H33F3N2O3S. The lowest BCUT2D eigenvalue weighted by Crippen LogP contribution is -2.35. The summed E-state index contributed by atoms with van der Waals surface area (Å²) in [5.74, 6) is -3.39. The van der Waals surface area contributed by atoms with Crippen molar-refractivity contribution >= 4 is 34.1 Å². The van der Waals surface area contributed by atoms with Gasteiger partial charge in [0.25, 0.3) is 0 Å². The summed E-state index contributed by atoms with van der Waals surface area (Å²) < 4.78 is 44.0. The molecule has 2 aromatic heterocycles. The number of ketones is 1. The van der Waals surface area contributed by atoms with Crippen LogP contribution in [-0.4, -0.2) is 32.6 Å². The van der Waals surface area contributed by atoms with Gasteiger partial charge in [-0.25, -0.2) is 4.98 Å². The van der Waals surface area contributed by atoms with Crippen LogP contribution in [0.2, 0.25) is 0 Å². The van der Waals surface area contributed by atoms with Gasteiger partial charge >= 0.3 is 12.1 Å². The number of alkyl halides is 3. The Morgan fingerprint density at radius 1 is 1.05 bits per heavy atom. The van der Waals surface area contributed by atoms with Crippen molar-refractivity contribution < 1.29 is 27.9 Å². The molecule has 5 nitrogen and oxygen atoms in total. The Morgan fingerprint density at radius 3 is 2.47 bits per heavy atom. The molecule has 0 aliphatic heterocycles. The zero-order valence-electron chi connectivity index (χ0n) is 21.3. The first-order valence-electron chi connectivity index (χ1n) is 13.6. The van der Waals surface area contributed by atoms with E-state index < -0.39 is 35.8 Å². The SMILES string of the molecule is O=C(O)[C@@H](CC1CCCCC1)C(=O)c1ccc2c(c1)nc(Cc1cccs1)n2C1CCCCC1C(F)(F)F. The van der Waals surface area contributed by atoms with Gasteiger partial charge in [-0.3, -0.25) is 9.59 Å². The van der Waals surface area contributed by atoms with Crippen molar-refractivity contribution in [2.75, 3.05) is 0 Å². The van der Waals surface area contributed by atoms with Crippen molar-refractivity contribution in [2.24, 2.45) is 17.8 Å². The highest BCUT2D eigenvalue weighted by atomic mass is 32.1. The smallest absolute Gasteiger partial charge is 0.393 e. The average Bonchev–Trinajstić information content (AvgIpc) is 3.54. The van der Waals surface area contributed by atoms with E-state index in [0.717, 1.165) is 37.0 Å². The van der Waals surface area contributed by atoms with Gasteiger partial charge < -0.3 is 9.67 Å². The number of nitrogens with zero attached hydrogens (tertiary/aromatic N) is 2. The number of benzene rings is 1. The van der Waals surface area contributed by atoms with Crippen LogP contribution in [0.4, 0.5) is 13.2 Å². The molecule has 2 aliphatic carbocycles. The van der Waals surface area contributed by atoms with Gasteiger partial charge in [-0.2, -0.15) is 13.2 Å². The fourth-order valence-corrected chi connectivity index (χ4v) is 7.15. The molecule has 1 aromatic carbocycles. The van der Waals surface area contributed by atoms with Crippen LogP contribution in [0, 0.1) is 17.8 Å². The van der Waals surface area contributed by atoms with E-state index in [1.807, 2.05) is 17.5 Å². The first-order chi connectivity index (χ1) is 18.2. The predicted octanol–water partition coefficient (Wildman–Crippen LogP) is 7.84. The summed E-state index contributed by atoms with van der Waals surface area (Å²) in [6.07, 6.45) is 3.30. The number of aromatic nitrogens is 2. The third-order valence-corrected chi connectivity index (χ3v) is 9.23. The molecule has 2 aliphatic rings. The minimum Gasteiger partial charge on any atom is -0.481 e. The number of halogens is 3. The zero-order chi connectivity index (χ0) is 26.9. The summed E-state index contributed by atoms with van der Waals surface area (Å²) in [6.45, 7) is 0. The Bertz CT molecular complexity index is 1280. The van der Waals surface area contributed by atoms with E-state index in [1.165, 1.54) is 11.3 Å². The minimum atomic E-state index is -4.31. The summed E-state index contributed by atoms with van der Waals surface area (Å²) in [5.41, 5.74) is 1.26. The highest BCUT2D eigenvalue weighted by Gasteiger charge is 2.47. The maximum absolute atomic E-state index is 14.1. The number of carbonyl (C=O) groups excluding carboxylic acids is 1. The number of carbonyl (C=O) groups is 2. The van der Waals surface area contributed by atoms with Crippen molar-refractivity contribution in [3.63, 3.8) is 0 Å². The fraction of sp³-hybridized carbons (Fsp3) is 0.552. The third-order valence-electron chi connectivity index (χ3n) is 8.35. The minimum absolute atomic E-state index is 0.0876. The predicted molar refractivity (Wildman–Crippen MR) is 141 cm³/mol. The summed E-state index contributed by atoms with van der Waals surface area (Å²) in [7, 11) is 0. The molecule has 0 amide bonds. The molecule has 9 heteroatoms. The Balaban J connectivity index is 1.52. The molecule has 2 saturated carbocycles. The van der Waals surface area contributed by atoms with Crippen molar-refractivity contribution in [1.29, 1.82) is 0 Å². The lowest BCUT2D eigenvalue weighted by Gasteiger charge is -2.35. The van der Waals surface area contributed by atoms with E-state index in [2.05, 4.69) is 0 Å². The van der Waals surface area contributed by atoms with Crippen molar-refractivity contribution in [1.82, 2.24) is 9.55 Å². The van der Waals surface area contributed by atoms with Crippen LogP contribution in [0.15, 0.2) is 35.7 Å². The number of rotatable bonds is 8. The molecule has 3 aromatic rings. The molecule has 2 fully saturated rings. The molecule has 38 heavy (non-hydrogen) atoms. The number of hydrogen-bond acceptors (Lipinski definition) is 4. The second-order valence-electron chi connectivity index (χ2n) is 10.9. The van der Waals surface area contributed by atoms with E-state index in [4.69, 9.17) is 4.98 Å². The number of hydrogen-bond donors (Lipinski definition) is 1. The lowest BCUT2D eigenvalue weighted by atomic mass is 9.80. The van der Waals surface area contributed by atoms with Crippen LogP contribution in [0.5, 0.6) is 0 Å². The molecular weight excluding hydrogens is 513 g/mol. The molecule has 0 radical (unpaired) electrons. The van der Waals surface area contributed by atoms with E-state index >= 15 is 0 Å². The first kappa shape index (κ1) is 26.9. The average molecular weight is 547 g/mol. The molecule has 5 rings (SSSR count). The molecule has 204 valence electrons. The van der Waals surface area contributed by atoms with Gasteiger partial charge in [-0.1, -0.05) is 51.0 Å². The highest BCUT2D eigenvalue weighted by Crippen LogP contribution is 2.46. The number of Topliss-reactive ketones (excluding diaryl/α,β-unsaturated/α-hetero) is 1. The lowest BCUT2D eigenvalue weighted by molar-refractivity contribution is -0.193. The van der Waals surface area contributed by atoms with Gasteiger partial charge in [0, 0.05) is 22.9 Å². The third kappa shape index (κ3) is 5.67. The molecule has 2 heterocycles. The maximum Gasteiger partial charge on any atom is 0.393 e. The van der Waals surface area contributed by atoms with Gasteiger partial charge in [0.2, 0.25) is 0 Å². The number of fused-ring (bicyclic) bond motifs is 1. The van der Waals surface area contributed by atoms with Gasteiger partial charge in [0.1, 0.15) is 11.7 Å².